The summed E-state index contributed by atoms with van der Waals surface area (Å²) in [6, 6.07) is 0. The fourth-order valence-electron chi connectivity index (χ4n) is 2.65. The van der Waals surface area contributed by atoms with Crippen LogP contribution in [0.4, 0.5) is 0 Å². The van der Waals surface area contributed by atoms with Crippen molar-refractivity contribution in [3.05, 3.63) is 0 Å². The summed E-state index contributed by atoms with van der Waals surface area (Å²) in [6.45, 7) is 0.714. The second-order valence-electron chi connectivity index (χ2n) is 4.97. The molecular formula is C12H20ClNO2. The normalized spacial score (nSPS) is 28.9. The van der Waals surface area contributed by atoms with Crippen molar-refractivity contribution in [1.29, 1.82) is 0 Å². The molecule has 1 heterocycles. The molecule has 1 N–H and O–H groups in total. The van der Waals surface area contributed by atoms with Crippen LogP contribution >= 0.6 is 11.6 Å². The number of amides is 1. The maximum absolute atomic E-state index is 12.0. The zero-order valence-electron chi connectivity index (χ0n) is 9.64. The van der Waals surface area contributed by atoms with Gasteiger partial charge in [-0.2, -0.15) is 0 Å². The van der Waals surface area contributed by atoms with Gasteiger partial charge in [0.05, 0.1) is 5.54 Å². The number of ether oxygens (including phenoxy) is 1. The van der Waals surface area contributed by atoms with E-state index in [0.717, 1.165) is 25.7 Å². The molecule has 2 fully saturated rings. The van der Waals surface area contributed by atoms with Gasteiger partial charge in [0.2, 0.25) is 5.91 Å². The van der Waals surface area contributed by atoms with Crippen LogP contribution in [0.2, 0.25) is 0 Å². The molecule has 1 saturated carbocycles. The Labute approximate surface area is 102 Å². The molecule has 0 radical (unpaired) electrons. The van der Waals surface area contributed by atoms with Gasteiger partial charge in [-0.05, 0) is 25.7 Å². The van der Waals surface area contributed by atoms with E-state index in [4.69, 9.17) is 16.3 Å². The molecule has 16 heavy (non-hydrogen) atoms. The number of alkyl halides is 1. The van der Waals surface area contributed by atoms with Crippen LogP contribution < -0.4 is 5.32 Å². The van der Waals surface area contributed by atoms with Gasteiger partial charge < -0.3 is 10.1 Å². The highest BCUT2D eigenvalue weighted by Gasteiger charge is 2.35. The molecule has 1 amide bonds. The van der Waals surface area contributed by atoms with Gasteiger partial charge in [0.15, 0.2) is 0 Å². The molecule has 0 aromatic rings. The summed E-state index contributed by atoms with van der Waals surface area (Å²) >= 11 is 6.03. The van der Waals surface area contributed by atoms with Gasteiger partial charge in [-0.15, -0.1) is 11.6 Å². The molecule has 4 heteroatoms. The first kappa shape index (κ1) is 12.2. The Morgan fingerprint density at radius 3 is 2.62 bits per heavy atom. The van der Waals surface area contributed by atoms with Crippen molar-refractivity contribution >= 4 is 17.5 Å². The lowest BCUT2D eigenvalue weighted by Gasteiger charge is -2.37. The van der Waals surface area contributed by atoms with Crippen molar-refractivity contribution < 1.29 is 9.53 Å². The van der Waals surface area contributed by atoms with Crippen molar-refractivity contribution in [3.8, 4) is 0 Å². The summed E-state index contributed by atoms with van der Waals surface area (Å²) in [5, 5.41) is 3.13. The van der Waals surface area contributed by atoms with Crippen molar-refractivity contribution in [2.24, 2.45) is 0 Å². The smallest absolute Gasteiger partial charge is 0.249 e. The first-order valence-corrected chi connectivity index (χ1v) is 6.79. The van der Waals surface area contributed by atoms with E-state index in [1.807, 2.05) is 0 Å². The van der Waals surface area contributed by atoms with E-state index >= 15 is 0 Å². The molecule has 1 atom stereocenters. The number of hydrogen-bond acceptors (Lipinski definition) is 2. The molecule has 0 spiro atoms. The van der Waals surface area contributed by atoms with Crippen LogP contribution in [0.5, 0.6) is 0 Å². The molecule has 0 aromatic carbocycles. The van der Waals surface area contributed by atoms with Gasteiger partial charge in [-0.3, -0.25) is 4.79 Å². The Kier molecular flexibility index (Phi) is 4.09. The Hall–Kier alpha value is -0.280. The molecule has 2 rings (SSSR count). The van der Waals surface area contributed by atoms with Crippen molar-refractivity contribution in [1.82, 2.24) is 5.32 Å². The average Bonchev–Trinajstić information content (AvgIpc) is 2.84. The number of carbonyl (C=O) groups is 1. The minimum atomic E-state index is -0.234. The van der Waals surface area contributed by atoms with E-state index in [1.54, 1.807) is 0 Å². The van der Waals surface area contributed by atoms with Gasteiger partial charge in [0.25, 0.3) is 0 Å². The molecular weight excluding hydrogens is 226 g/mol. The van der Waals surface area contributed by atoms with Crippen LogP contribution in [0, 0.1) is 0 Å². The van der Waals surface area contributed by atoms with E-state index in [2.05, 4.69) is 5.32 Å². The van der Waals surface area contributed by atoms with Crippen LogP contribution in [-0.4, -0.2) is 30.0 Å². The van der Waals surface area contributed by atoms with E-state index in [9.17, 15) is 4.79 Å². The lowest BCUT2D eigenvalue weighted by atomic mass is 9.83. The molecule has 3 nitrogen and oxygen atoms in total. The topological polar surface area (TPSA) is 38.3 Å². The van der Waals surface area contributed by atoms with Crippen molar-refractivity contribution in [2.75, 3.05) is 12.5 Å². The standard InChI is InChI=1S/C12H20ClNO2/c13-9-12(6-2-1-3-7-12)14-11(15)10-5-4-8-16-10/h10H,1-9H2,(H,14,15). The Morgan fingerprint density at radius 1 is 1.31 bits per heavy atom. The van der Waals surface area contributed by atoms with Crippen molar-refractivity contribution in [2.45, 2.75) is 56.6 Å². The number of carbonyl (C=O) groups excluding carboxylic acids is 1. The molecule has 0 bridgehead atoms. The largest absolute Gasteiger partial charge is 0.368 e. The average molecular weight is 246 g/mol. The highest BCUT2D eigenvalue weighted by Crippen LogP contribution is 2.29. The molecule has 2 aliphatic rings. The van der Waals surface area contributed by atoms with Gasteiger partial charge >= 0.3 is 0 Å². The van der Waals surface area contributed by atoms with E-state index in [1.165, 1.54) is 19.3 Å². The second kappa shape index (κ2) is 5.37. The fourth-order valence-corrected chi connectivity index (χ4v) is 2.98. The molecule has 92 valence electrons. The zero-order chi connectivity index (χ0) is 11.4. The van der Waals surface area contributed by atoms with Crippen LogP contribution in [0.3, 0.4) is 0 Å². The zero-order valence-corrected chi connectivity index (χ0v) is 10.4. The predicted octanol–water partition coefficient (Wildman–Crippen LogP) is 2.22. The lowest BCUT2D eigenvalue weighted by molar-refractivity contribution is -0.132. The summed E-state index contributed by atoms with van der Waals surface area (Å²) in [4.78, 5) is 12.0. The van der Waals surface area contributed by atoms with Crippen molar-refractivity contribution in [3.63, 3.8) is 0 Å². The third-order valence-electron chi connectivity index (χ3n) is 3.68. The highest BCUT2D eigenvalue weighted by atomic mass is 35.5. The molecule has 1 saturated heterocycles. The molecule has 1 aliphatic carbocycles. The highest BCUT2D eigenvalue weighted by molar-refractivity contribution is 6.18. The van der Waals surface area contributed by atoms with Crippen LogP contribution in [0.25, 0.3) is 0 Å². The predicted molar refractivity (Wildman–Crippen MR) is 63.7 cm³/mol. The number of hydrogen-bond donors (Lipinski definition) is 1. The molecule has 1 aliphatic heterocycles. The maximum atomic E-state index is 12.0. The van der Waals surface area contributed by atoms with Crippen LogP contribution in [0.15, 0.2) is 0 Å². The summed E-state index contributed by atoms with van der Waals surface area (Å²) in [6.07, 6.45) is 7.22. The van der Waals surface area contributed by atoms with E-state index in [0.29, 0.717) is 12.5 Å². The third-order valence-corrected chi connectivity index (χ3v) is 4.19. The second-order valence-corrected chi connectivity index (χ2v) is 5.23. The summed E-state index contributed by atoms with van der Waals surface area (Å²) in [5.74, 6) is 0.561. The molecule has 1 unspecified atom stereocenters. The Morgan fingerprint density at radius 2 is 2.06 bits per heavy atom. The summed E-state index contributed by atoms with van der Waals surface area (Å²) in [7, 11) is 0. The van der Waals surface area contributed by atoms with E-state index in [-0.39, 0.29) is 17.6 Å². The first-order chi connectivity index (χ1) is 7.76. The Balaban J connectivity index is 1.91. The number of nitrogens with one attached hydrogen (secondary N) is 1. The maximum Gasteiger partial charge on any atom is 0.249 e. The monoisotopic (exact) mass is 245 g/mol. The SMILES string of the molecule is O=C(NC1(CCl)CCCCC1)C1CCCO1. The van der Waals surface area contributed by atoms with Gasteiger partial charge in [-0.25, -0.2) is 0 Å². The summed E-state index contributed by atoms with van der Waals surface area (Å²) < 4.78 is 5.39. The number of rotatable bonds is 3. The van der Waals surface area contributed by atoms with Gasteiger partial charge in [0, 0.05) is 12.5 Å². The minimum Gasteiger partial charge on any atom is -0.368 e. The minimum absolute atomic E-state index is 0.0417. The Bertz CT molecular complexity index is 245. The van der Waals surface area contributed by atoms with Crippen LogP contribution in [0.1, 0.15) is 44.9 Å². The van der Waals surface area contributed by atoms with Gasteiger partial charge in [-0.1, -0.05) is 19.3 Å². The molecule has 0 aromatic heterocycles. The third kappa shape index (κ3) is 2.69. The first-order valence-electron chi connectivity index (χ1n) is 6.25. The summed E-state index contributed by atoms with van der Waals surface area (Å²) in [5.41, 5.74) is -0.164. The van der Waals surface area contributed by atoms with E-state index < -0.39 is 0 Å². The van der Waals surface area contributed by atoms with Crippen LogP contribution in [-0.2, 0) is 9.53 Å². The van der Waals surface area contributed by atoms with Gasteiger partial charge in [0.1, 0.15) is 6.10 Å². The quantitative estimate of drug-likeness (QED) is 0.775. The lowest BCUT2D eigenvalue weighted by Crippen LogP contribution is -2.54. The fraction of sp³-hybridized carbons (Fsp3) is 0.917. The number of halogens is 1.